The predicted molar refractivity (Wildman–Crippen MR) is 66.3 cm³/mol. The SMILES string of the molecule is Cn1nccc1C(N)c1csc(I)c1. The van der Waals surface area contributed by atoms with E-state index < -0.39 is 0 Å². The summed E-state index contributed by atoms with van der Waals surface area (Å²) in [5.74, 6) is 0. The molecule has 0 fully saturated rings. The van der Waals surface area contributed by atoms with Crippen molar-refractivity contribution in [3.8, 4) is 0 Å². The van der Waals surface area contributed by atoms with Crippen molar-refractivity contribution in [2.75, 3.05) is 0 Å². The maximum atomic E-state index is 6.12. The van der Waals surface area contributed by atoms with Gasteiger partial charge in [0.2, 0.25) is 0 Å². The Kier molecular flexibility index (Phi) is 2.89. The first kappa shape index (κ1) is 10.1. The van der Waals surface area contributed by atoms with E-state index in [2.05, 4.69) is 39.1 Å². The molecule has 0 saturated carbocycles. The second kappa shape index (κ2) is 4.00. The zero-order valence-electron chi connectivity index (χ0n) is 7.64. The highest BCUT2D eigenvalue weighted by Gasteiger charge is 2.13. The topological polar surface area (TPSA) is 43.8 Å². The Morgan fingerprint density at radius 3 is 2.93 bits per heavy atom. The summed E-state index contributed by atoms with van der Waals surface area (Å²) >= 11 is 4.01. The average Bonchev–Trinajstić information content (AvgIpc) is 2.73. The lowest BCUT2D eigenvalue weighted by molar-refractivity contribution is 0.674. The van der Waals surface area contributed by atoms with Gasteiger partial charge in [-0.3, -0.25) is 4.68 Å². The van der Waals surface area contributed by atoms with Crippen LogP contribution in [0.3, 0.4) is 0 Å². The zero-order valence-corrected chi connectivity index (χ0v) is 10.6. The number of hydrogen-bond donors (Lipinski definition) is 1. The van der Waals surface area contributed by atoms with Crippen molar-refractivity contribution in [3.05, 3.63) is 37.9 Å². The number of nitrogens with two attached hydrogens (primary N) is 1. The van der Waals surface area contributed by atoms with Crippen LogP contribution in [0.2, 0.25) is 0 Å². The monoisotopic (exact) mass is 319 g/mol. The molecule has 0 saturated heterocycles. The number of aromatic nitrogens is 2. The van der Waals surface area contributed by atoms with Gasteiger partial charge < -0.3 is 5.73 Å². The summed E-state index contributed by atoms with van der Waals surface area (Å²) in [5.41, 5.74) is 8.31. The fourth-order valence-electron chi connectivity index (χ4n) is 1.35. The van der Waals surface area contributed by atoms with Gasteiger partial charge in [0.1, 0.15) is 0 Å². The van der Waals surface area contributed by atoms with Crippen molar-refractivity contribution >= 4 is 33.9 Å². The van der Waals surface area contributed by atoms with Gasteiger partial charge in [-0.05, 0) is 45.7 Å². The maximum Gasteiger partial charge on any atom is 0.0731 e. The van der Waals surface area contributed by atoms with Gasteiger partial charge in [-0.15, -0.1) is 11.3 Å². The summed E-state index contributed by atoms with van der Waals surface area (Å²) in [6, 6.07) is 4.00. The van der Waals surface area contributed by atoms with E-state index in [-0.39, 0.29) is 6.04 Å². The lowest BCUT2D eigenvalue weighted by atomic mass is 10.1. The first-order chi connectivity index (χ1) is 6.68. The summed E-state index contributed by atoms with van der Waals surface area (Å²) in [5, 5.41) is 6.20. The molecule has 1 atom stereocenters. The van der Waals surface area contributed by atoms with Crippen LogP contribution < -0.4 is 5.73 Å². The molecule has 0 aliphatic heterocycles. The van der Waals surface area contributed by atoms with Gasteiger partial charge >= 0.3 is 0 Å². The molecule has 2 rings (SSSR count). The van der Waals surface area contributed by atoms with Crippen LogP contribution in [-0.2, 0) is 7.05 Å². The third kappa shape index (κ3) is 1.84. The number of thiophene rings is 1. The molecule has 2 N–H and O–H groups in total. The molecule has 0 bridgehead atoms. The minimum atomic E-state index is -0.0673. The van der Waals surface area contributed by atoms with E-state index in [0.29, 0.717) is 0 Å². The van der Waals surface area contributed by atoms with Crippen molar-refractivity contribution in [1.29, 1.82) is 0 Å². The Hall–Kier alpha value is -0.400. The molecule has 0 radical (unpaired) electrons. The standard InChI is InChI=1S/C9H10IN3S/c1-13-7(2-3-12-13)9(11)6-4-8(10)14-5-6/h2-5,9H,11H2,1H3. The molecule has 1 unspecified atom stereocenters. The number of nitrogens with zero attached hydrogens (tertiary/aromatic N) is 2. The lowest BCUT2D eigenvalue weighted by Crippen LogP contribution is -2.15. The fraction of sp³-hybridized carbons (Fsp3) is 0.222. The normalized spacial score (nSPS) is 13.1. The molecule has 2 aromatic heterocycles. The van der Waals surface area contributed by atoms with Gasteiger partial charge in [0.25, 0.3) is 0 Å². The largest absolute Gasteiger partial charge is 0.319 e. The second-order valence-corrected chi connectivity index (χ2v) is 5.85. The minimum absolute atomic E-state index is 0.0673. The first-order valence-electron chi connectivity index (χ1n) is 4.16. The molecular weight excluding hydrogens is 309 g/mol. The summed E-state index contributed by atoms with van der Waals surface area (Å²) in [7, 11) is 1.91. The number of hydrogen-bond acceptors (Lipinski definition) is 3. The summed E-state index contributed by atoms with van der Waals surface area (Å²) in [6.07, 6.45) is 1.77. The van der Waals surface area contributed by atoms with E-state index in [1.165, 1.54) is 2.88 Å². The van der Waals surface area contributed by atoms with E-state index in [4.69, 9.17) is 5.73 Å². The number of halogens is 1. The van der Waals surface area contributed by atoms with Gasteiger partial charge in [0.15, 0.2) is 0 Å². The molecule has 0 aliphatic rings. The summed E-state index contributed by atoms with van der Waals surface area (Å²) < 4.78 is 3.07. The minimum Gasteiger partial charge on any atom is -0.319 e. The van der Waals surface area contributed by atoms with Crippen LogP contribution in [0, 0.1) is 2.88 Å². The van der Waals surface area contributed by atoms with Crippen LogP contribution >= 0.6 is 33.9 Å². The first-order valence-corrected chi connectivity index (χ1v) is 6.11. The van der Waals surface area contributed by atoms with E-state index in [1.807, 2.05) is 17.8 Å². The van der Waals surface area contributed by atoms with Gasteiger partial charge in [-0.2, -0.15) is 5.10 Å². The van der Waals surface area contributed by atoms with E-state index >= 15 is 0 Å². The Morgan fingerprint density at radius 2 is 2.43 bits per heavy atom. The Morgan fingerprint density at radius 1 is 1.64 bits per heavy atom. The summed E-state index contributed by atoms with van der Waals surface area (Å²) in [4.78, 5) is 0. The Bertz CT molecular complexity index is 435. The van der Waals surface area contributed by atoms with Crippen molar-refractivity contribution in [1.82, 2.24) is 9.78 Å². The van der Waals surface area contributed by atoms with Gasteiger partial charge in [0, 0.05) is 13.2 Å². The fourth-order valence-corrected chi connectivity index (χ4v) is 2.75. The molecule has 74 valence electrons. The Labute approximate surface area is 100 Å². The van der Waals surface area contributed by atoms with Gasteiger partial charge in [-0.25, -0.2) is 0 Å². The van der Waals surface area contributed by atoms with E-state index in [1.54, 1.807) is 17.5 Å². The van der Waals surface area contributed by atoms with Crippen LogP contribution in [0.5, 0.6) is 0 Å². The van der Waals surface area contributed by atoms with Crippen LogP contribution in [0.4, 0.5) is 0 Å². The van der Waals surface area contributed by atoms with Gasteiger partial charge in [-0.1, -0.05) is 0 Å². The predicted octanol–water partition coefficient (Wildman–Crippen LogP) is 2.13. The number of rotatable bonds is 2. The third-order valence-electron chi connectivity index (χ3n) is 2.12. The quantitative estimate of drug-likeness (QED) is 0.862. The van der Waals surface area contributed by atoms with Crippen molar-refractivity contribution < 1.29 is 0 Å². The summed E-state index contributed by atoms with van der Waals surface area (Å²) in [6.45, 7) is 0. The van der Waals surface area contributed by atoms with E-state index in [9.17, 15) is 0 Å². The highest BCUT2D eigenvalue weighted by atomic mass is 127. The molecule has 0 spiro atoms. The molecule has 14 heavy (non-hydrogen) atoms. The molecule has 0 amide bonds. The zero-order chi connectivity index (χ0) is 10.1. The molecule has 3 nitrogen and oxygen atoms in total. The highest BCUT2D eigenvalue weighted by molar-refractivity contribution is 14.1. The molecule has 0 aliphatic carbocycles. The van der Waals surface area contributed by atoms with Crippen LogP contribution in [-0.4, -0.2) is 9.78 Å². The maximum absolute atomic E-state index is 6.12. The lowest BCUT2D eigenvalue weighted by Gasteiger charge is -2.09. The smallest absolute Gasteiger partial charge is 0.0731 e. The number of aryl methyl sites for hydroxylation is 1. The van der Waals surface area contributed by atoms with Crippen LogP contribution in [0.1, 0.15) is 17.3 Å². The third-order valence-corrected chi connectivity index (χ3v) is 3.93. The van der Waals surface area contributed by atoms with Crippen molar-refractivity contribution in [2.45, 2.75) is 6.04 Å². The molecule has 5 heteroatoms. The van der Waals surface area contributed by atoms with Crippen molar-refractivity contribution in [2.24, 2.45) is 12.8 Å². The molecular formula is C9H10IN3S. The molecule has 0 aromatic carbocycles. The Balaban J connectivity index is 2.33. The van der Waals surface area contributed by atoms with E-state index in [0.717, 1.165) is 11.3 Å². The average molecular weight is 319 g/mol. The van der Waals surface area contributed by atoms with Crippen molar-refractivity contribution in [3.63, 3.8) is 0 Å². The van der Waals surface area contributed by atoms with Crippen LogP contribution in [0.25, 0.3) is 0 Å². The van der Waals surface area contributed by atoms with Crippen LogP contribution in [0.15, 0.2) is 23.7 Å². The van der Waals surface area contributed by atoms with Gasteiger partial charge in [0.05, 0.1) is 14.6 Å². The molecule has 2 heterocycles. The highest BCUT2D eigenvalue weighted by Crippen LogP contribution is 2.24. The molecule has 2 aromatic rings. The second-order valence-electron chi connectivity index (χ2n) is 3.04.